The maximum Gasteiger partial charge on any atom is 0.0610 e. The van der Waals surface area contributed by atoms with E-state index in [1.54, 1.807) is 0 Å². The second-order valence-corrected chi connectivity index (χ2v) is 7.54. The molecule has 0 spiro atoms. The summed E-state index contributed by atoms with van der Waals surface area (Å²) in [7, 11) is 0. The molecule has 3 unspecified atom stereocenters. The molecule has 2 fully saturated rings. The molecule has 0 aromatic rings. The molecule has 0 aromatic heterocycles. The monoisotopic (exact) mass is 296 g/mol. The first-order chi connectivity index (χ1) is 10.2. The van der Waals surface area contributed by atoms with Gasteiger partial charge in [-0.05, 0) is 77.4 Å². The molecule has 124 valence electrons. The molecule has 2 aliphatic rings. The highest BCUT2D eigenvalue weighted by molar-refractivity contribution is 4.89. The number of nitrogens with zero attached hydrogens (tertiary/aromatic N) is 1. The van der Waals surface area contributed by atoms with E-state index in [4.69, 9.17) is 0 Å². The van der Waals surface area contributed by atoms with Gasteiger partial charge in [0.05, 0.1) is 6.61 Å². The number of piperidine rings is 1. The highest BCUT2D eigenvalue weighted by Crippen LogP contribution is 2.36. The van der Waals surface area contributed by atoms with Gasteiger partial charge in [0.15, 0.2) is 0 Å². The Morgan fingerprint density at radius 1 is 1.19 bits per heavy atom. The Morgan fingerprint density at radius 2 is 2.00 bits per heavy atom. The summed E-state index contributed by atoms with van der Waals surface area (Å²) in [5.74, 6) is 1.01. The largest absolute Gasteiger partial charge is 0.394 e. The van der Waals surface area contributed by atoms with Crippen LogP contribution in [0.4, 0.5) is 0 Å². The quantitative estimate of drug-likeness (QED) is 0.642. The highest BCUT2D eigenvalue weighted by Gasteiger charge is 2.34. The van der Waals surface area contributed by atoms with E-state index in [-0.39, 0.29) is 12.1 Å². The van der Waals surface area contributed by atoms with Gasteiger partial charge in [0.25, 0.3) is 0 Å². The number of fused-ring (bicyclic) bond motifs is 1. The maximum atomic E-state index is 9.61. The van der Waals surface area contributed by atoms with Crippen molar-refractivity contribution in [1.82, 2.24) is 10.2 Å². The van der Waals surface area contributed by atoms with Crippen molar-refractivity contribution in [2.24, 2.45) is 5.92 Å². The van der Waals surface area contributed by atoms with Gasteiger partial charge in [0.1, 0.15) is 0 Å². The lowest BCUT2D eigenvalue weighted by molar-refractivity contribution is 0.108. The molecule has 3 atom stereocenters. The van der Waals surface area contributed by atoms with E-state index in [1.807, 2.05) is 0 Å². The van der Waals surface area contributed by atoms with Crippen molar-refractivity contribution < 1.29 is 5.11 Å². The number of hydrogen-bond acceptors (Lipinski definition) is 3. The van der Waals surface area contributed by atoms with E-state index in [2.05, 4.69) is 24.1 Å². The van der Waals surface area contributed by atoms with Crippen LogP contribution in [0.25, 0.3) is 0 Å². The molecule has 0 bridgehead atoms. The summed E-state index contributed by atoms with van der Waals surface area (Å²) in [6, 6.07) is 0.904. The van der Waals surface area contributed by atoms with Crippen LogP contribution in [-0.2, 0) is 0 Å². The van der Waals surface area contributed by atoms with Gasteiger partial charge in [0.2, 0.25) is 0 Å². The van der Waals surface area contributed by atoms with Crippen molar-refractivity contribution >= 4 is 0 Å². The Kier molecular flexibility index (Phi) is 6.97. The van der Waals surface area contributed by atoms with Crippen LogP contribution in [0.5, 0.6) is 0 Å². The van der Waals surface area contributed by atoms with Crippen LogP contribution >= 0.6 is 0 Å². The Labute approximate surface area is 131 Å². The first-order valence-corrected chi connectivity index (χ1v) is 9.28. The lowest BCUT2D eigenvalue weighted by Gasteiger charge is -2.38. The Bertz CT molecular complexity index is 297. The van der Waals surface area contributed by atoms with Crippen molar-refractivity contribution in [3.05, 3.63) is 0 Å². The molecule has 1 heterocycles. The average molecular weight is 296 g/mol. The molecule has 0 aromatic carbocycles. The number of rotatable bonds is 9. The molecule has 0 amide bonds. The minimum absolute atomic E-state index is 0.0756. The molecule has 21 heavy (non-hydrogen) atoms. The molecule has 1 saturated heterocycles. The lowest BCUT2D eigenvalue weighted by Crippen LogP contribution is -2.46. The molecular formula is C18H36N2O. The van der Waals surface area contributed by atoms with Crippen molar-refractivity contribution in [1.29, 1.82) is 0 Å². The van der Waals surface area contributed by atoms with Crippen molar-refractivity contribution in [2.75, 3.05) is 26.2 Å². The van der Waals surface area contributed by atoms with Crippen molar-refractivity contribution in [2.45, 2.75) is 83.2 Å². The number of hydrogen-bond donors (Lipinski definition) is 2. The van der Waals surface area contributed by atoms with E-state index >= 15 is 0 Å². The highest BCUT2D eigenvalue weighted by atomic mass is 16.3. The zero-order valence-electron chi connectivity index (χ0n) is 14.2. The maximum absolute atomic E-state index is 9.61. The third-order valence-corrected chi connectivity index (χ3v) is 5.68. The Morgan fingerprint density at radius 3 is 2.76 bits per heavy atom. The molecule has 1 aliphatic heterocycles. The first-order valence-electron chi connectivity index (χ1n) is 9.28. The summed E-state index contributed by atoms with van der Waals surface area (Å²) >= 11 is 0. The standard InChI is InChI=1S/C18H36N2O/c1-3-12-19-18(2,15-21)11-4-5-13-20-14-7-9-16-8-6-10-17(16)20/h16-17,19,21H,3-15H2,1-2H3. The normalized spacial score (nSPS) is 29.3. The fourth-order valence-corrected chi connectivity index (χ4v) is 4.31. The second-order valence-electron chi connectivity index (χ2n) is 7.54. The number of unbranched alkanes of at least 4 members (excludes halogenated alkanes) is 1. The second kappa shape index (κ2) is 8.50. The van der Waals surface area contributed by atoms with Crippen LogP contribution < -0.4 is 5.32 Å². The van der Waals surface area contributed by atoms with E-state index in [1.165, 1.54) is 58.0 Å². The summed E-state index contributed by atoms with van der Waals surface area (Å²) < 4.78 is 0. The third kappa shape index (κ3) is 4.94. The predicted octanol–water partition coefficient (Wildman–Crippen LogP) is 3.17. The third-order valence-electron chi connectivity index (χ3n) is 5.68. The fraction of sp³-hybridized carbons (Fsp3) is 1.00. The van der Waals surface area contributed by atoms with Gasteiger partial charge in [-0.25, -0.2) is 0 Å². The molecule has 3 heteroatoms. The summed E-state index contributed by atoms with van der Waals surface area (Å²) in [6.45, 7) is 8.20. The minimum atomic E-state index is -0.0756. The van der Waals surface area contributed by atoms with Gasteiger partial charge >= 0.3 is 0 Å². The zero-order valence-corrected chi connectivity index (χ0v) is 14.2. The van der Waals surface area contributed by atoms with E-state index in [9.17, 15) is 5.11 Å². The van der Waals surface area contributed by atoms with Gasteiger partial charge in [-0.1, -0.05) is 19.8 Å². The number of likely N-dealkylation sites (tertiary alicyclic amines) is 1. The van der Waals surface area contributed by atoms with Crippen LogP contribution in [0.1, 0.15) is 71.6 Å². The van der Waals surface area contributed by atoms with Gasteiger partial charge in [-0.3, -0.25) is 0 Å². The van der Waals surface area contributed by atoms with Gasteiger partial charge in [-0.2, -0.15) is 0 Å². The summed E-state index contributed by atoms with van der Waals surface area (Å²) in [5, 5.41) is 13.1. The van der Waals surface area contributed by atoms with Crippen LogP contribution in [0.15, 0.2) is 0 Å². The minimum Gasteiger partial charge on any atom is -0.394 e. The van der Waals surface area contributed by atoms with E-state index < -0.39 is 0 Å². The SMILES string of the molecule is CCCNC(C)(CO)CCCCN1CCCC2CCCC21. The molecular weight excluding hydrogens is 260 g/mol. The van der Waals surface area contributed by atoms with Gasteiger partial charge < -0.3 is 15.3 Å². The number of nitrogens with one attached hydrogen (secondary N) is 1. The van der Waals surface area contributed by atoms with Crippen molar-refractivity contribution in [3.8, 4) is 0 Å². The number of aliphatic hydroxyl groups excluding tert-OH is 1. The zero-order chi connectivity index (χ0) is 15.1. The molecule has 2 N–H and O–H groups in total. The van der Waals surface area contributed by atoms with Gasteiger partial charge in [-0.15, -0.1) is 0 Å². The summed E-state index contributed by atoms with van der Waals surface area (Å²) in [5.41, 5.74) is -0.0756. The smallest absolute Gasteiger partial charge is 0.0610 e. The molecule has 1 aliphatic carbocycles. The van der Waals surface area contributed by atoms with Gasteiger partial charge in [0, 0.05) is 11.6 Å². The van der Waals surface area contributed by atoms with Crippen molar-refractivity contribution in [3.63, 3.8) is 0 Å². The number of aliphatic hydroxyl groups is 1. The summed E-state index contributed by atoms with van der Waals surface area (Å²) in [4.78, 5) is 2.77. The van der Waals surface area contributed by atoms with E-state index in [0.717, 1.165) is 31.3 Å². The van der Waals surface area contributed by atoms with Crippen LogP contribution in [0.2, 0.25) is 0 Å². The molecule has 3 nitrogen and oxygen atoms in total. The topological polar surface area (TPSA) is 35.5 Å². The van der Waals surface area contributed by atoms with Crippen LogP contribution in [0.3, 0.4) is 0 Å². The molecule has 1 saturated carbocycles. The first kappa shape index (κ1) is 17.2. The predicted molar refractivity (Wildman–Crippen MR) is 89.6 cm³/mol. The Hall–Kier alpha value is -0.120. The fourth-order valence-electron chi connectivity index (χ4n) is 4.31. The Balaban J connectivity index is 1.66. The van der Waals surface area contributed by atoms with Crippen LogP contribution in [0, 0.1) is 5.92 Å². The average Bonchev–Trinajstić information content (AvgIpc) is 2.99. The lowest BCUT2D eigenvalue weighted by atomic mass is 9.91. The molecule has 0 radical (unpaired) electrons. The van der Waals surface area contributed by atoms with E-state index in [0.29, 0.717) is 0 Å². The molecule has 2 rings (SSSR count). The van der Waals surface area contributed by atoms with Crippen LogP contribution in [-0.4, -0.2) is 47.8 Å². The summed E-state index contributed by atoms with van der Waals surface area (Å²) in [6.07, 6.45) is 12.0.